The first kappa shape index (κ1) is 8.80. The summed E-state index contributed by atoms with van der Waals surface area (Å²) in [4.78, 5) is 24.0. The van der Waals surface area contributed by atoms with Crippen molar-refractivity contribution in [2.24, 2.45) is 0 Å². The van der Waals surface area contributed by atoms with E-state index in [1.54, 1.807) is 6.92 Å². The largest absolute Gasteiger partial charge is 0.477 e. The molecule has 0 spiro atoms. The number of H-pyrrole nitrogens is 1. The third kappa shape index (κ3) is 1.48. The highest BCUT2D eigenvalue weighted by Crippen LogP contribution is 2.08. The number of rotatable bonds is 1. The van der Waals surface area contributed by atoms with Crippen LogP contribution in [0.4, 0.5) is 0 Å². The Morgan fingerprint density at radius 2 is 2.25 bits per heavy atom. The van der Waals surface area contributed by atoms with Gasteiger partial charge in [-0.05, 0) is 6.92 Å². The molecule has 1 aromatic rings. The van der Waals surface area contributed by atoms with Gasteiger partial charge in [-0.15, -0.1) is 0 Å². The van der Waals surface area contributed by atoms with Crippen LogP contribution in [0.25, 0.3) is 0 Å². The second-order valence-corrected chi connectivity index (χ2v) is 2.69. The number of hydrogen-bond acceptors (Lipinski definition) is 2. The van der Waals surface area contributed by atoms with Crippen LogP contribution in [0.5, 0.6) is 0 Å². The lowest BCUT2D eigenvalue weighted by Crippen LogP contribution is -2.15. The fourth-order valence-electron chi connectivity index (χ4n) is 0.848. The Balaban J connectivity index is 3.49. The minimum Gasteiger partial charge on any atom is -0.477 e. The first-order valence-electron chi connectivity index (χ1n) is 3.15. The Morgan fingerprint density at radius 3 is 2.67 bits per heavy atom. The molecule has 0 aliphatic heterocycles. The van der Waals surface area contributed by atoms with Crippen molar-refractivity contribution in [3.8, 4) is 0 Å². The summed E-state index contributed by atoms with van der Waals surface area (Å²) in [6.45, 7) is 1.62. The van der Waals surface area contributed by atoms with Gasteiger partial charge in [-0.1, -0.05) is 11.6 Å². The number of aryl methyl sites for hydroxylation is 1. The van der Waals surface area contributed by atoms with Crippen molar-refractivity contribution < 1.29 is 9.90 Å². The number of halogens is 1. The highest BCUT2D eigenvalue weighted by molar-refractivity contribution is 6.32. The molecule has 0 atom stereocenters. The molecule has 0 amide bonds. The van der Waals surface area contributed by atoms with Crippen LogP contribution in [0.2, 0.25) is 5.15 Å². The van der Waals surface area contributed by atoms with Crippen LogP contribution in [0.15, 0.2) is 10.9 Å². The first-order chi connectivity index (χ1) is 5.52. The predicted octanol–water partition coefficient (Wildman–Crippen LogP) is 1.03. The standard InChI is InChI=1S/C7H6ClNO3/c1-3-2-4(10)5(7(11)12)6(8)9-3/h2H,1H3,(H,9,10)(H,11,12). The molecular weight excluding hydrogens is 182 g/mol. The van der Waals surface area contributed by atoms with Crippen LogP contribution >= 0.6 is 11.6 Å². The van der Waals surface area contributed by atoms with Gasteiger partial charge in [0.1, 0.15) is 10.7 Å². The summed E-state index contributed by atoms with van der Waals surface area (Å²) in [5.41, 5.74) is -0.457. The van der Waals surface area contributed by atoms with Crippen LogP contribution in [-0.4, -0.2) is 16.1 Å². The van der Waals surface area contributed by atoms with Crippen molar-refractivity contribution in [3.05, 3.63) is 32.7 Å². The van der Waals surface area contributed by atoms with E-state index in [1.165, 1.54) is 6.07 Å². The van der Waals surface area contributed by atoms with Gasteiger partial charge in [-0.25, -0.2) is 4.79 Å². The van der Waals surface area contributed by atoms with E-state index >= 15 is 0 Å². The minimum atomic E-state index is -1.32. The van der Waals surface area contributed by atoms with Crippen molar-refractivity contribution in [1.29, 1.82) is 0 Å². The summed E-state index contributed by atoms with van der Waals surface area (Å²) >= 11 is 5.49. The monoisotopic (exact) mass is 187 g/mol. The Kier molecular flexibility index (Phi) is 2.19. The number of aromatic nitrogens is 1. The lowest BCUT2D eigenvalue weighted by Gasteiger charge is -1.98. The second-order valence-electron chi connectivity index (χ2n) is 2.31. The Labute approximate surface area is 72.8 Å². The van der Waals surface area contributed by atoms with Gasteiger partial charge in [0.25, 0.3) is 0 Å². The highest BCUT2D eigenvalue weighted by atomic mass is 35.5. The van der Waals surface area contributed by atoms with Crippen LogP contribution in [0.3, 0.4) is 0 Å². The van der Waals surface area contributed by atoms with Gasteiger partial charge in [0, 0.05) is 11.8 Å². The number of carboxylic acid groups (broad SMARTS) is 1. The molecule has 0 aromatic carbocycles. The zero-order valence-electron chi connectivity index (χ0n) is 6.22. The van der Waals surface area contributed by atoms with Crippen LogP contribution < -0.4 is 5.43 Å². The summed E-state index contributed by atoms with van der Waals surface area (Å²) in [5.74, 6) is -1.32. The van der Waals surface area contributed by atoms with E-state index in [0.29, 0.717) is 5.69 Å². The molecule has 0 saturated heterocycles. The fourth-order valence-corrected chi connectivity index (χ4v) is 1.17. The Morgan fingerprint density at radius 1 is 1.67 bits per heavy atom. The van der Waals surface area contributed by atoms with E-state index in [0.717, 1.165) is 0 Å². The molecule has 1 rings (SSSR count). The van der Waals surface area contributed by atoms with Crippen LogP contribution in [-0.2, 0) is 0 Å². The number of carboxylic acids is 1. The maximum atomic E-state index is 11.0. The molecular formula is C7H6ClNO3. The van der Waals surface area contributed by atoms with Gasteiger partial charge >= 0.3 is 5.97 Å². The summed E-state index contributed by atoms with van der Waals surface area (Å²) in [7, 11) is 0. The SMILES string of the molecule is Cc1cc(=O)c(C(=O)O)c(Cl)[nH]1. The molecule has 1 aromatic heterocycles. The zero-order valence-corrected chi connectivity index (χ0v) is 6.97. The summed E-state index contributed by atoms with van der Waals surface area (Å²) in [6.07, 6.45) is 0. The third-order valence-electron chi connectivity index (χ3n) is 1.33. The van der Waals surface area contributed by atoms with Crippen molar-refractivity contribution >= 4 is 17.6 Å². The van der Waals surface area contributed by atoms with Crippen molar-refractivity contribution in [2.45, 2.75) is 6.92 Å². The quantitative estimate of drug-likeness (QED) is 0.646. The molecule has 0 aliphatic rings. The van der Waals surface area contributed by atoms with Gasteiger partial charge in [0.15, 0.2) is 5.43 Å². The van der Waals surface area contributed by atoms with Gasteiger partial charge in [-0.2, -0.15) is 0 Å². The maximum absolute atomic E-state index is 11.0. The van der Waals surface area contributed by atoms with Crippen molar-refractivity contribution in [2.75, 3.05) is 0 Å². The normalized spacial score (nSPS) is 9.83. The number of carbonyl (C=O) groups is 1. The maximum Gasteiger partial charge on any atom is 0.342 e. The van der Waals surface area contributed by atoms with Gasteiger partial charge in [0.2, 0.25) is 0 Å². The minimum absolute atomic E-state index is 0.132. The molecule has 5 heteroatoms. The number of nitrogens with one attached hydrogen (secondary N) is 1. The zero-order chi connectivity index (χ0) is 9.30. The topological polar surface area (TPSA) is 70.2 Å². The van der Waals surface area contributed by atoms with E-state index in [9.17, 15) is 9.59 Å². The van der Waals surface area contributed by atoms with E-state index in [2.05, 4.69) is 4.98 Å². The average molecular weight is 188 g/mol. The van der Waals surface area contributed by atoms with Crippen LogP contribution in [0.1, 0.15) is 16.1 Å². The number of pyridine rings is 1. The average Bonchev–Trinajstić information content (AvgIpc) is 1.82. The molecule has 4 nitrogen and oxygen atoms in total. The van der Waals surface area contributed by atoms with Crippen LogP contribution in [0, 0.1) is 6.92 Å². The van der Waals surface area contributed by atoms with E-state index in [4.69, 9.17) is 16.7 Å². The lowest BCUT2D eigenvalue weighted by atomic mass is 10.2. The summed E-state index contributed by atoms with van der Waals surface area (Å²) < 4.78 is 0. The molecule has 0 aliphatic carbocycles. The summed E-state index contributed by atoms with van der Waals surface area (Å²) in [5, 5.41) is 8.40. The molecule has 0 saturated carbocycles. The molecule has 1 heterocycles. The highest BCUT2D eigenvalue weighted by Gasteiger charge is 2.13. The van der Waals surface area contributed by atoms with E-state index in [-0.39, 0.29) is 5.15 Å². The molecule has 0 unspecified atom stereocenters. The van der Waals surface area contributed by atoms with Gasteiger partial charge in [-0.3, -0.25) is 4.79 Å². The molecule has 12 heavy (non-hydrogen) atoms. The number of hydrogen-bond donors (Lipinski definition) is 2. The van der Waals surface area contributed by atoms with E-state index in [1.807, 2.05) is 0 Å². The summed E-state index contributed by atoms with van der Waals surface area (Å²) in [6, 6.07) is 1.19. The Bertz CT molecular complexity index is 383. The van der Waals surface area contributed by atoms with Gasteiger partial charge in [0.05, 0.1) is 0 Å². The van der Waals surface area contributed by atoms with E-state index < -0.39 is 17.0 Å². The smallest absolute Gasteiger partial charge is 0.342 e. The number of aromatic carboxylic acids is 1. The molecule has 64 valence electrons. The molecule has 0 fully saturated rings. The second kappa shape index (κ2) is 2.98. The molecule has 0 radical (unpaired) electrons. The third-order valence-corrected chi connectivity index (χ3v) is 1.62. The molecule has 0 bridgehead atoms. The van der Waals surface area contributed by atoms with Gasteiger partial charge < -0.3 is 10.1 Å². The fraction of sp³-hybridized carbons (Fsp3) is 0.143. The predicted molar refractivity (Wildman–Crippen MR) is 43.8 cm³/mol. The molecule has 2 N–H and O–H groups in total. The van der Waals surface area contributed by atoms with Crippen molar-refractivity contribution in [1.82, 2.24) is 4.98 Å². The van der Waals surface area contributed by atoms with Crippen molar-refractivity contribution in [3.63, 3.8) is 0 Å². The number of aromatic amines is 1. The first-order valence-corrected chi connectivity index (χ1v) is 3.53. The Hall–Kier alpha value is -1.29. The lowest BCUT2D eigenvalue weighted by molar-refractivity contribution is 0.0695.